The molecule has 164 valence electrons. The molecule has 1 aliphatic carbocycles. The monoisotopic (exact) mass is 438 g/mol. The number of aromatic amines is 1. The Labute approximate surface area is 181 Å². The summed E-state index contributed by atoms with van der Waals surface area (Å²) in [5.74, 6) is -0.213. The first kappa shape index (κ1) is 19.1. The zero-order valence-electron chi connectivity index (χ0n) is 17.3. The number of nitrogens with zero attached hydrogens (tertiary/aromatic N) is 5. The second-order valence-corrected chi connectivity index (χ2v) is 8.29. The standard InChI is InChI=1S/C22H20F2N6O2/c1-29-21(27-20(28-29)19(23)24)22(31)30-9-8-13-16(26-10-25-13)17(30)18-15(11-6-7-11)12-4-2-3-5-14(12)32-18/h2-5,10-11,17,19H,6-9H2,1H3,(H,25,26)/t17-/m0/s1. The van der Waals surface area contributed by atoms with Crippen molar-refractivity contribution in [2.45, 2.75) is 37.6 Å². The van der Waals surface area contributed by atoms with Crippen LogP contribution in [0.1, 0.15) is 70.4 Å². The molecule has 10 heteroatoms. The number of imidazole rings is 1. The Balaban J connectivity index is 1.51. The van der Waals surface area contributed by atoms with Crippen LogP contribution in [0.15, 0.2) is 35.0 Å². The Morgan fingerprint density at radius 1 is 1.28 bits per heavy atom. The number of para-hydroxylation sites is 1. The summed E-state index contributed by atoms with van der Waals surface area (Å²) in [5.41, 5.74) is 3.51. The maximum Gasteiger partial charge on any atom is 0.299 e. The highest BCUT2D eigenvalue weighted by Crippen LogP contribution is 2.50. The van der Waals surface area contributed by atoms with Gasteiger partial charge in [0, 0.05) is 36.7 Å². The maximum atomic E-state index is 13.6. The molecule has 0 saturated heterocycles. The van der Waals surface area contributed by atoms with Crippen LogP contribution in [-0.2, 0) is 13.5 Å². The average Bonchev–Trinajstić information content (AvgIpc) is 3.21. The van der Waals surface area contributed by atoms with Crippen LogP contribution in [0.3, 0.4) is 0 Å². The Morgan fingerprint density at radius 3 is 2.84 bits per heavy atom. The number of furan rings is 1. The highest BCUT2D eigenvalue weighted by Gasteiger charge is 2.42. The van der Waals surface area contributed by atoms with Crippen LogP contribution in [0, 0.1) is 0 Å². The summed E-state index contributed by atoms with van der Waals surface area (Å²) in [7, 11) is 1.45. The Kier molecular flexibility index (Phi) is 4.17. The first-order valence-electron chi connectivity index (χ1n) is 10.6. The van der Waals surface area contributed by atoms with Gasteiger partial charge in [0.15, 0.2) is 0 Å². The third-order valence-electron chi connectivity index (χ3n) is 6.25. The van der Waals surface area contributed by atoms with Crippen molar-refractivity contribution in [2.24, 2.45) is 7.05 Å². The fourth-order valence-electron chi connectivity index (χ4n) is 4.65. The number of hydrogen-bond acceptors (Lipinski definition) is 5. The van der Waals surface area contributed by atoms with E-state index >= 15 is 0 Å². The van der Waals surface area contributed by atoms with Crippen molar-refractivity contribution in [3.05, 3.63) is 65.0 Å². The molecule has 2 aliphatic rings. The zero-order chi connectivity index (χ0) is 22.0. The van der Waals surface area contributed by atoms with Gasteiger partial charge in [-0.15, -0.1) is 5.10 Å². The molecule has 0 radical (unpaired) electrons. The lowest BCUT2D eigenvalue weighted by atomic mass is 9.95. The van der Waals surface area contributed by atoms with Gasteiger partial charge < -0.3 is 14.3 Å². The van der Waals surface area contributed by atoms with Gasteiger partial charge in [-0.05, 0) is 24.8 Å². The van der Waals surface area contributed by atoms with Gasteiger partial charge in [0.2, 0.25) is 11.6 Å². The predicted octanol–water partition coefficient (Wildman–Crippen LogP) is 3.89. The first-order valence-corrected chi connectivity index (χ1v) is 10.6. The lowest BCUT2D eigenvalue weighted by molar-refractivity contribution is 0.0653. The highest BCUT2D eigenvalue weighted by molar-refractivity contribution is 5.92. The minimum absolute atomic E-state index is 0.131. The number of alkyl halides is 2. The number of benzene rings is 1. The Morgan fingerprint density at radius 2 is 2.09 bits per heavy atom. The largest absolute Gasteiger partial charge is 0.458 e. The van der Waals surface area contributed by atoms with E-state index in [0.717, 1.165) is 39.8 Å². The van der Waals surface area contributed by atoms with Gasteiger partial charge in [0.1, 0.15) is 17.4 Å². The second-order valence-electron chi connectivity index (χ2n) is 8.29. The van der Waals surface area contributed by atoms with E-state index < -0.39 is 24.2 Å². The van der Waals surface area contributed by atoms with Gasteiger partial charge in [-0.2, -0.15) is 0 Å². The van der Waals surface area contributed by atoms with Crippen LogP contribution in [0.2, 0.25) is 0 Å². The number of rotatable bonds is 4. The van der Waals surface area contributed by atoms with Crippen molar-refractivity contribution in [3.63, 3.8) is 0 Å². The van der Waals surface area contributed by atoms with Gasteiger partial charge in [-0.3, -0.25) is 4.79 Å². The number of halogens is 2. The van der Waals surface area contributed by atoms with Gasteiger partial charge in [0.05, 0.1) is 12.0 Å². The van der Waals surface area contributed by atoms with Crippen molar-refractivity contribution >= 4 is 16.9 Å². The van der Waals surface area contributed by atoms with Crippen LogP contribution in [-0.4, -0.2) is 42.1 Å². The lowest BCUT2D eigenvalue weighted by Crippen LogP contribution is -2.42. The van der Waals surface area contributed by atoms with Crippen molar-refractivity contribution < 1.29 is 18.0 Å². The molecule has 0 unspecified atom stereocenters. The third-order valence-corrected chi connectivity index (χ3v) is 6.25. The number of aryl methyl sites for hydroxylation is 1. The molecule has 6 rings (SSSR count). The SMILES string of the molecule is Cn1nc(C(F)F)nc1C(=O)N1CCc2[nH]cnc2[C@H]1c1oc2ccccc2c1C1CC1. The Bertz CT molecular complexity index is 1340. The minimum atomic E-state index is -2.85. The van der Waals surface area contributed by atoms with Gasteiger partial charge in [0.25, 0.3) is 12.3 Å². The summed E-state index contributed by atoms with van der Waals surface area (Å²) in [5, 5.41) is 4.75. The molecule has 1 atom stereocenters. The van der Waals surface area contributed by atoms with E-state index in [9.17, 15) is 13.6 Å². The molecule has 4 aromatic rings. The summed E-state index contributed by atoms with van der Waals surface area (Å²) in [6.45, 7) is 0.372. The molecule has 1 aliphatic heterocycles. The van der Waals surface area contributed by atoms with E-state index in [2.05, 4.69) is 20.1 Å². The number of carbonyl (C=O) groups excluding carboxylic acids is 1. The average molecular weight is 438 g/mol. The molecule has 4 heterocycles. The van der Waals surface area contributed by atoms with Crippen LogP contribution < -0.4 is 0 Å². The molecule has 1 saturated carbocycles. The van der Waals surface area contributed by atoms with Crippen molar-refractivity contribution in [3.8, 4) is 0 Å². The summed E-state index contributed by atoms with van der Waals surface area (Å²) in [4.78, 5) is 26.7. The number of H-pyrrole nitrogens is 1. The van der Waals surface area contributed by atoms with Gasteiger partial charge in [-0.1, -0.05) is 18.2 Å². The van der Waals surface area contributed by atoms with Crippen LogP contribution in [0.25, 0.3) is 11.0 Å². The summed E-state index contributed by atoms with van der Waals surface area (Å²) in [6, 6.07) is 7.27. The van der Waals surface area contributed by atoms with E-state index in [1.807, 2.05) is 24.3 Å². The van der Waals surface area contributed by atoms with Crippen molar-refractivity contribution in [1.29, 1.82) is 0 Å². The third kappa shape index (κ3) is 2.85. The molecule has 8 nitrogen and oxygen atoms in total. The van der Waals surface area contributed by atoms with Crippen LogP contribution >= 0.6 is 0 Å². The minimum Gasteiger partial charge on any atom is -0.458 e. The molecule has 1 aromatic carbocycles. The summed E-state index contributed by atoms with van der Waals surface area (Å²) < 4.78 is 33.7. The zero-order valence-corrected chi connectivity index (χ0v) is 17.3. The number of nitrogens with one attached hydrogen (secondary N) is 1. The molecule has 1 N–H and O–H groups in total. The maximum absolute atomic E-state index is 13.6. The summed E-state index contributed by atoms with van der Waals surface area (Å²) in [6.07, 6.45) is 1.45. The quantitative estimate of drug-likeness (QED) is 0.522. The van der Waals surface area contributed by atoms with Gasteiger partial charge in [-0.25, -0.2) is 23.4 Å². The molecule has 3 aromatic heterocycles. The fourth-order valence-corrected chi connectivity index (χ4v) is 4.65. The fraction of sp³-hybridized carbons (Fsp3) is 0.364. The van der Waals surface area contributed by atoms with E-state index in [-0.39, 0.29) is 5.82 Å². The van der Waals surface area contributed by atoms with E-state index in [0.29, 0.717) is 30.3 Å². The predicted molar refractivity (Wildman–Crippen MR) is 109 cm³/mol. The van der Waals surface area contributed by atoms with E-state index in [4.69, 9.17) is 4.42 Å². The second kappa shape index (κ2) is 6.98. The molecule has 1 amide bonds. The topological polar surface area (TPSA) is 92.8 Å². The number of aromatic nitrogens is 5. The first-order chi connectivity index (χ1) is 15.5. The van der Waals surface area contributed by atoms with Crippen LogP contribution in [0.4, 0.5) is 8.78 Å². The normalized spacial score (nSPS) is 18.5. The molecule has 0 bridgehead atoms. The summed E-state index contributed by atoms with van der Waals surface area (Å²) >= 11 is 0. The van der Waals surface area contributed by atoms with E-state index in [1.165, 1.54) is 7.05 Å². The van der Waals surface area contributed by atoms with Gasteiger partial charge >= 0.3 is 0 Å². The highest BCUT2D eigenvalue weighted by atomic mass is 19.3. The lowest BCUT2D eigenvalue weighted by Gasteiger charge is -2.34. The molecule has 32 heavy (non-hydrogen) atoms. The molecular formula is C22H20F2N6O2. The molecule has 0 spiro atoms. The van der Waals surface area contributed by atoms with Crippen LogP contribution in [0.5, 0.6) is 0 Å². The smallest absolute Gasteiger partial charge is 0.299 e. The number of carbonyl (C=O) groups is 1. The van der Waals surface area contributed by atoms with Crippen molar-refractivity contribution in [2.75, 3.05) is 6.54 Å². The number of fused-ring (bicyclic) bond motifs is 2. The number of amides is 1. The van der Waals surface area contributed by atoms with Crippen molar-refractivity contribution in [1.82, 2.24) is 29.6 Å². The number of hydrogen-bond donors (Lipinski definition) is 1. The molecular weight excluding hydrogens is 418 g/mol. The Hall–Kier alpha value is -3.56. The van der Waals surface area contributed by atoms with E-state index in [1.54, 1.807) is 11.2 Å². The molecule has 1 fully saturated rings.